The van der Waals surface area contributed by atoms with Gasteiger partial charge >= 0.3 is 5.97 Å². The van der Waals surface area contributed by atoms with Crippen molar-refractivity contribution in [3.05, 3.63) is 11.8 Å². The van der Waals surface area contributed by atoms with E-state index >= 15 is 0 Å². The lowest BCUT2D eigenvalue weighted by Gasteiger charge is -2.21. The zero-order valence-corrected chi connectivity index (χ0v) is 11.4. The molecule has 1 heterocycles. The van der Waals surface area contributed by atoms with E-state index < -0.39 is 11.7 Å². The van der Waals surface area contributed by atoms with E-state index in [1.807, 2.05) is 0 Å². The molecule has 6 heteroatoms. The first-order chi connectivity index (χ1) is 8.19. The number of carbonyl (C=O) groups is 1. The predicted molar refractivity (Wildman–Crippen MR) is 63.6 cm³/mol. The number of aromatic nitrogens is 2. The maximum atomic E-state index is 11.6. The molecule has 6 nitrogen and oxygen atoms in total. The second-order valence-corrected chi connectivity index (χ2v) is 5.37. The number of ether oxygens (including phenoxy) is 1. The second-order valence-electron chi connectivity index (χ2n) is 5.37. The molecule has 1 N–H and O–H groups in total. The SMILES string of the molecule is Cc1nnc(C(O)[C@H](C)CC(=O)OC(C)(C)C)o1. The molecule has 1 rings (SSSR count). The number of hydrogen-bond acceptors (Lipinski definition) is 6. The molecule has 1 aromatic heterocycles. The smallest absolute Gasteiger partial charge is 0.306 e. The predicted octanol–water partition coefficient (Wildman–Crippen LogP) is 1.78. The molecule has 0 aliphatic rings. The van der Waals surface area contributed by atoms with Crippen LogP contribution in [0.1, 0.15) is 52.0 Å². The Morgan fingerprint density at radius 2 is 2.06 bits per heavy atom. The van der Waals surface area contributed by atoms with Crippen molar-refractivity contribution >= 4 is 5.97 Å². The number of aliphatic hydroxyl groups excluding tert-OH is 1. The first kappa shape index (κ1) is 14.6. The van der Waals surface area contributed by atoms with E-state index in [4.69, 9.17) is 9.15 Å². The van der Waals surface area contributed by atoms with Crippen LogP contribution in [0, 0.1) is 12.8 Å². The Kier molecular flexibility index (Phi) is 4.45. The highest BCUT2D eigenvalue weighted by molar-refractivity contribution is 5.70. The van der Waals surface area contributed by atoms with Crippen molar-refractivity contribution in [1.82, 2.24) is 10.2 Å². The molecule has 1 aromatic rings. The number of esters is 1. The summed E-state index contributed by atoms with van der Waals surface area (Å²) in [5.41, 5.74) is -0.525. The fourth-order valence-corrected chi connectivity index (χ4v) is 1.43. The molecule has 0 aliphatic heterocycles. The van der Waals surface area contributed by atoms with Gasteiger partial charge in [-0.3, -0.25) is 4.79 Å². The lowest BCUT2D eigenvalue weighted by molar-refractivity contribution is -0.157. The number of hydrogen-bond donors (Lipinski definition) is 1. The zero-order chi connectivity index (χ0) is 13.9. The average molecular weight is 256 g/mol. The molecule has 2 atom stereocenters. The molecule has 18 heavy (non-hydrogen) atoms. The van der Waals surface area contributed by atoms with Gasteiger partial charge in [-0.1, -0.05) is 6.92 Å². The van der Waals surface area contributed by atoms with Gasteiger partial charge < -0.3 is 14.3 Å². The van der Waals surface area contributed by atoms with Gasteiger partial charge in [-0.2, -0.15) is 0 Å². The first-order valence-corrected chi connectivity index (χ1v) is 5.89. The van der Waals surface area contributed by atoms with Crippen molar-refractivity contribution < 1.29 is 19.1 Å². The third-order valence-corrected chi connectivity index (χ3v) is 2.24. The first-order valence-electron chi connectivity index (χ1n) is 5.89. The third kappa shape index (κ3) is 4.44. The second kappa shape index (κ2) is 5.48. The molecular weight excluding hydrogens is 236 g/mol. The lowest BCUT2D eigenvalue weighted by Crippen LogP contribution is -2.26. The number of aliphatic hydroxyl groups is 1. The number of rotatable bonds is 4. The summed E-state index contributed by atoms with van der Waals surface area (Å²) >= 11 is 0. The number of carbonyl (C=O) groups excluding carboxylic acids is 1. The van der Waals surface area contributed by atoms with Crippen molar-refractivity contribution in [2.45, 2.75) is 52.7 Å². The zero-order valence-electron chi connectivity index (χ0n) is 11.4. The normalized spacial score (nSPS) is 15.2. The highest BCUT2D eigenvalue weighted by Crippen LogP contribution is 2.24. The average Bonchev–Trinajstić information content (AvgIpc) is 2.60. The van der Waals surface area contributed by atoms with Crippen LogP contribution in [0.15, 0.2) is 4.42 Å². The standard InChI is InChI=1S/C12H20N2O4/c1-7(6-9(15)18-12(3,4)5)10(16)11-14-13-8(2)17-11/h7,10,16H,6H2,1-5H3/t7-,10?/m1/s1. The molecule has 0 saturated carbocycles. The summed E-state index contributed by atoms with van der Waals surface area (Å²) in [5, 5.41) is 17.3. The summed E-state index contributed by atoms with van der Waals surface area (Å²) in [5.74, 6) is -0.193. The minimum absolute atomic E-state index is 0.0971. The molecule has 0 bridgehead atoms. The Bertz CT molecular complexity index is 408. The van der Waals surface area contributed by atoms with E-state index in [-0.39, 0.29) is 24.2 Å². The van der Waals surface area contributed by atoms with Crippen LogP contribution in [-0.2, 0) is 9.53 Å². The van der Waals surface area contributed by atoms with Crippen LogP contribution < -0.4 is 0 Å². The van der Waals surface area contributed by atoms with Gasteiger partial charge in [-0.15, -0.1) is 10.2 Å². The molecular formula is C12H20N2O4. The highest BCUT2D eigenvalue weighted by Gasteiger charge is 2.26. The van der Waals surface area contributed by atoms with Gasteiger partial charge in [-0.25, -0.2) is 0 Å². The number of aryl methyl sites for hydroxylation is 1. The maximum absolute atomic E-state index is 11.6. The van der Waals surface area contributed by atoms with Gasteiger partial charge in [0.2, 0.25) is 11.8 Å². The van der Waals surface area contributed by atoms with Crippen LogP contribution >= 0.6 is 0 Å². The van der Waals surface area contributed by atoms with Crippen LogP contribution in [0.5, 0.6) is 0 Å². The molecule has 0 aliphatic carbocycles. The summed E-state index contributed by atoms with van der Waals surface area (Å²) < 4.78 is 10.3. The Hall–Kier alpha value is -1.43. The maximum Gasteiger partial charge on any atom is 0.306 e. The van der Waals surface area contributed by atoms with Crippen molar-refractivity contribution in [3.8, 4) is 0 Å². The van der Waals surface area contributed by atoms with Gasteiger partial charge in [0.1, 0.15) is 11.7 Å². The van der Waals surface area contributed by atoms with Crippen molar-refractivity contribution in [3.63, 3.8) is 0 Å². The van der Waals surface area contributed by atoms with E-state index in [0.717, 1.165) is 0 Å². The summed E-state index contributed by atoms with van der Waals surface area (Å²) in [7, 11) is 0. The largest absolute Gasteiger partial charge is 0.460 e. The molecule has 0 aromatic carbocycles. The van der Waals surface area contributed by atoms with Crippen LogP contribution in [0.4, 0.5) is 0 Å². The highest BCUT2D eigenvalue weighted by atomic mass is 16.6. The Labute approximate surface area is 106 Å². The van der Waals surface area contributed by atoms with Gasteiger partial charge in [0.25, 0.3) is 0 Å². The van der Waals surface area contributed by atoms with Crippen molar-refractivity contribution in [1.29, 1.82) is 0 Å². The fourth-order valence-electron chi connectivity index (χ4n) is 1.43. The fraction of sp³-hybridized carbons (Fsp3) is 0.750. The Morgan fingerprint density at radius 3 is 2.50 bits per heavy atom. The summed E-state index contributed by atoms with van der Waals surface area (Å²) in [6, 6.07) is 0. The third-order valence-electron chi connectivity index (χ3n) is 2.24. The van der Waals surface area contributed by atoms with Gasteiger partial charge in [0.15, 0.2) is 0 Å². The Morgan fingerprint density at radius 1 is 1.44 bits per heavy atom. The van der Waals surface area contributed by atoms with Crippen molar-refractivity contribution in [2.75, 3.05) is 0 Å². The quantitative estimate of drug-likeness (QED) is 0.826. The van der Waals surface area contributed by atoms with Gasteiger partial charge in [-0.05, 0) is 20.8 Å². The minimum atomic E-state index is -0.960. The monoisotopic (exact) mass is 256 g/mol. The molecule has 0 radical (unpaired) electrons. The van der Waals surface area contributed by atoms with Crippen LogP contribution in [-0.4, -0.2) is 26.9 Å². The van der Waals surface area contributed by atoms with Crippen molar-refractivity contribution in [2.24, 2.45) is 5.92 Å². The minimum Gasteiger partial charge on any atom is -0.460 e. The van der Waals surface area contributed by atoms with E-state index in [0.29, 0.717) is 5.89 Å². The molecule has 0 spiro atoms. The van der Waals surface area contributed by atoms with Gasteiger partial charge in [0, 0.05) is 12.8 Å². The summed E-state index contributed by atoms with van der Waals surface area (Å²) in [4.78, 5) is 11.6. The van der Waals surface area contributed by atoms with E-state index in [9.17, 15) is 9.90 Å². The summed E-state index contributed by atoms with van der Waals surface area (Å²) in [6.07, 6.45) is -0.862. The van der Waals surface area contributed by atoms with E-state index in [1.165, 1.54) is 0 Å². The molecule has 0 saturated heterocycles. The van der Waals surface area contributed by atoms with Crippen LogP contribution in [0.25, 0.3) is 0 Å². The van der Waals surface area contributed by atoms with E-state index in [2.05, 4.69) is 10.2 Å². The number of nitrogens with zero attached hydrogens (tertiary/aromatic N) is 2. The van der Waals surface area contributed by atoms with Crippen LogP contribution in [0.3, 0.4) is 0 Å². The molecule has 1 unspecified atom stereocenters. The molecule has 0 amide bonds. The lowest BCUT2D eigenvalue weighted by atomic mass is 10.0. The summed E-state index contributed by atoms with van der Waals surface area (Å²) in [6.45, 7) is 8.77. The van der Waals surface area contributed by atoms with E-state index in [1.54, 1.807) is 34.6 Å². The van der Waals surface area contributed by atoms with Gasteiger partial charge in [0.05, 0.1) is 6.42 Å². The molecule has 0 fully saturated rings. The topological polar surface area (TPSA) is 85.5 Å². The Balaban J connectivity index is 2.55. The van der Waals surface area contributed by atoms with Crippen LogP contribution in [0.2, 0.25) is 0 Å². The molecule has 102 valence electrons.